The van der Waals surface area contributed by atoms with Crippen LogP contribution < -0.4 is 9.47 Å². The van der Waals surface area contributed by atoms with Crippen LogP contribution in [0.2, 0.25) is 0 Å². The van der Waals surface area contributed by atoms with E-state index in [1.807, 2.05) is 24.3 Å². The Hall–Kier alpha value is -3.56. The number of fused-ring (bicyclic) bond motifs is 1. The lowest BCUT2D eigenvalue weighted by atomic mass is 9.85. The molecule has 2 heterocycles. The third kappa shape index (κ3) is 5.40. The van der Waals surface area contributed by atoms with Crippen LogP contribution in [0.3, 0.4) is 0 Å². The fourth-order valence-electron chi connectivity index (χ4n) is 5.57. The molecule has 0 amide bonds. The van der Waals surface area contributed by atoms with Crippen LogP contribution >= 0.6 is 0 Å². The van der Waals surface area contributed by atoms with Gasteiger partial charge in [0.15, 0.2) is 21.4 Å². The van der Waals surface area contributed by atoms with E-state index < -0.39 is 27.5 Å². The minimum Gasteiger partial charge on any atom is -0.508 e. The molecule has 3 aromatic rings. The van der Waals surface area contributed by atoms with Crippen LogP contribution in [-0.2, 0) is 9.84 Å². The molecule has 1 fully saturated rings. The first-order valence-electron chi connectivity index (χ1n) is 13.3. The molecule has 2 aliphatic rings. The number of hydrogen-bond donors (Lipinski definition) is 2. The van der Waals surface area contributed by atoms with E-state index in [1.54, 1.807) is 6.92 Å². The monoisotopic (exact) mass is 567 g/mol. The van der Waals surface area contributed by atoms with Crippen molar-refractivity contribution >= 4 is 21.0 Å². The number of hydrogen-bond acceptors (Lipinski definition) is 7. The molecule has 2 N–H and O–H groups in total. The van der Waals surface area contributed by atoms with Gasteiger partial charge < -0.3 is 19.7 Å². The van der Waals surface area contributed by atoms with Gasteiger partial charge in [-0.05, 0) is 86.3 Å². The number of ether oxygens (including phenoxy) is 2. The Balaban J connectivity index is 1.53. The molecule has 0 aliphatic carbocycles. The molecule has 1 unspecified atom stereocenters. The molecule has 40 heavy (non-hydrogen) atoms. The number of allylic oxidation sites excluding steroid dienone is 1. The van der Waals surface area contributed by atoms with E-state index in [0.717, 1.165) is 19.3 Å². The first-order chi connectivity index (χ1) is 18.9. The van der Waals surface area contributed by atoms with Gasteiger partial charge in [-0.3, -0.25) is 4.90 Å². The molecule has 3 atom stereocenters. The Labute approximate surface area is 234 Å². The molecule has 0 spiro atoms. The molecular formula is C31H34FNO6S. The van der Waals surface area contributed by atoms with E-state index in [4.69, 9.17) is 9.47 Å². The molecule has 5 rings (SSSR count). The maximum atomic E-state index is 15.2. The van der Waals surface area contributed by atoms with Gasteiger partial charge in [-0.15, -0.1) is 0 Å². The average molecular weight is 568 g/mol. The van der Waals surface area contributed by atoms with Crippen LogP contribution in [0.1, 0.15) is 50.0 Å². The number of nitrogens with zero attached hydrogens (tertiary/aromatic N) is 1. The molecule has 0 saturated carbocycles. The van der Waals surface area contributed by atoms with E-state index in [2.05, 4.69) is 18.7 Å². The average Bonchev–Trinajstić information content (AvgIpc) is 3.35. The quantitative estimate of drug-likeness (QED) is 0.372. The third-order valence-electron chi connectivity index (χ3n) is 7.77. The van der Waals surface area contributed by atoms with Crippen molar-refractivity contribution in [3.63, 3.8) is 0 Å². The number of halogens is 1. The molecular weight excluding hydrogens is 533 g/mol. The summed E-state index contributed by atoms with van der Waals surface area (Å²) in [5.74, 6) is 0.0485. The van der Waals surface area contributed by atoms with E-state index in [9.17, 15) is 18.6 Å². The van der Waals surface area contributed by atoms with E-state index >= 15 is 4.39 Å². The number of likely N-dealkylation sites (tertiary alicyclic amines) is 1. The maximum Gasteiger partial charge on any atom is 0.176 e. The Morgan fingerprint density at radius 1 is 1.12 bits per heavy atom. The van der Waals surface area contributed by atoms with E-state index in [-0.39, 0.29) is 33.6 Å². The first kappa shape index (κ1) is 28.0. The standard InChI is InChI=1S/C31H34FNO6S/c1-18-13-14-33(16-18)19(2)17-38-23-8-5-21(6-9-23)31-28(24-15-22(34)7-12-27(24)40(4,36)37)20(3)29-26(39-31)11-10-25(35)30(29)32/h5-12,15,18-19,31,34-35H,13-14,16-17H2,1-4H3/t18-,19+,31?/m1/s1. The SMILES string of the molecule is CC1=C(c2cc(O)ccc2S(C)(=O)=O)C(c2ccc(OC[C@H](C)N3CC[C@@H](C)C3)cc2)Oc2ccc(O)c(F)c21. The molecule has 0 aromatic heterocycles. The molecule has 7 nitrogen and oxygen atoms in total. The minimum atomic E-state index is -3.73. The molecule has 0 radical (unpaired) electrons. The van der Waals surface area contributed by atoms with Crippen molar-refractivity contribution in [3.05, 3.63) is 77.1 Å². The number of rotatable bonds is 7. The summed E-state index contributed by atoms with van der Waals surface area (Å²) in [6, 6.07) is 14.3. The fourth-order valence-corrected chi connectivity index (χ4v) is 6.46. The predicted molar refractivity (Wildman–Crippen MR) is 152 cm³/mol. The summed E-state index contributed by atoms with van der Waals surface area (Å²) >= 11 is 0. The van der Waals surface area contributed by atoms with E-state index in [1.165, 1.54) is 36.8 Å². The van der Waals surface area contributed by atoms with Gasteiger partial charge in [0.25, 0.3) is 0 Å². The molecule has 3 aromatic carbocycles. The van der Waals surface area contributed by atoms with Crippen molar-refractivity contribution in [1.82, 2.24) is 4.90 Å². The van der Waals surface area contributed by atoms with Crippen molar-refractivity contribution in [1.29, 1.82) is 0 Å². The zero-order valence-corrected chi connectivity index (χ0v) is 23.8. The normalized spacial score (nSPS) is 20.2. The topological polar surface area (TPSA) is 96.3 Å². The number of sulfone groups is 1. The molecule has 9 heteroatoms. The first-order valence-corrected chi connectivity index (χ1v) is 15.2. The van der Waals surface area contributed by atoms with Crippen LogP contribution in [0.25, 0.3) is 11.1 Å². The number of phenols is 2. The highest BCUT2D eigenvalue weighted by Crippen LogP contribution is 2.50. The summed E-state index contributed by atoms with van der Waals surface area (Å²) in [7, 11) is -3.73. The van der Waals surface area contributed by atoms with Crippen molar-refractivity contribution in [2.45, 2.75) is 44.2 Å². The Morgan fingerprint density at radius 3 is 2.50 bits per heavy atom. The Bertz CT molecular complexity index is 1570. The van der Waals surface area contributed by atoms with Gasteiger partial charge in [-0.1, -0.05) is 19.1 Å². The summed E-state index contributed by atoms with van der Waals surface area (Å²) in [4.78, 5) is 2.40. The highest BCUT2D eigenvalue weighted by Gasteiger charge is 2.34. The predicted octanol–water partition coefficient (Wildman–Crippen LogP) is 5.81. The van der Waals surface area contributed by atoms with Gasteiger partial charge in [0.2, 0.25) is 0 Å². The zero-order valence-electron chi connectivity index (χ0n) is 23.0. The van der Waals surface area contributed by atoms with Crippen molar-refractivity contribution in [2.24, 2.45) is 5.92 Å². The van der Waals surface area contributed by atoms with Gasteiger partial charge in [0.05, 0.1) is 10.5 Å². The van der Waals surface area contributed by atoms with Gasteiger partial charge in [0.1, 0.15) is 30.0 Å². The smallest absolute Gasteiger partial charge is 0.176 e. The second kappa shape index (κ2) is 10.8. The molecule has 0 bridgehead atoms. The van der Waals surface area contributed by atoms with E-state index in [0.29, 0.717) is 35.0 Å². The molecule has 2 aliphatic heterocycles. The largest absolute Gasteiger partial charge is 0.508 e. The van der Waals surface area contributed by atoms with Crippen LogP contribution in [0.4, 0.5) is 4.39 Å². The van der Waals surface area contributed by atoms with Crippen LogP contribution in [0.15, 0.2) is 59.5 Å². The summed E-state index contributed by atoms with van der Waals surface area (Å²) < 4.78 is 53.0. The van der Waals surface area contributed by atoms with Gasteiger partial charge in [-0.25, -0.2) is 12.8 Å². The second-order valence-electron chi connectivity index (χ2n) is 10.9. The van der Waals surface area contributed by atoms with Crippen molar-refractivity contribution in [2.75, 3.05) is 26.0 Å². The van der Waals surface area contributed by atoms with Crippen LogP contribution in [0.5, 0.6) is 23.0 Å². The Kier molecular flexibility index (Phi) is 7.54. The zero-order chi connectivity index (χ0) is 28.8. The molecule has 212 valence electrons. The second-order valence-corrected chi connectivity index (χ2v) is 12.9. The fraction of sp³-hybridized carbons (Fsp3) is 0.355. The van der Waals surface area contributed by atoms with Gasteiger partial charge in [-0.2, -0.15) is 0 Å². The third-order valence-corrected chi connectivity index (χ3v) is 8.93. The minimum absolute atomic E-state index is 0.0255. The van der Waals surface area contributed by atoms with Crippen LogP contribution in [0, 0.1) is 11.7 Å². The highest BCUT2D eigenvalue weighted by molar-refractivity contribution is 7.90. The summed E-state index contributed by atoms with van der Waals surface area (Å²) in [6.45, 7) is 8.76. The van der Waals surface area contributed by atoms with Crippen LogP contribution in [-0.4, -0.2) is 55.5 Å². The summed E-state index contributed by atoms with van der Waals surface area (Å²) in [6.07, 6.45) is 1.45. The summed E-state index contributed by atoms with van der Waals surface area (Å²) in [5.41, 5.74) is 1.69. The maximum absolute atomic E-state index is 15.2. The number of aromatic hydroxyl groups is 2. The lowest BCUT2D eigenvalue weighted by Gasteiger charge is -2.32. The van der Waals surface area contributed by atoms with Crippen molar-refractivity contribution < 1.29 is 32.5 Å². The van der Waals surface area contributed by atoms with Crippen molar-refractivity contribution in [3.8, 4) is 23.0 Å². The van der Waals surface area contributed by atoms with Gasteiger partial charge >= 0.3 is 0 Å². The number of benzene rings is 3. The van der Waals surface area contributed by atoms with Gasteiger partial charge in [0, 0.05) is 30.0 Å². The lowest BCUT2D eigenvalue weighted by Crippen LogP contribution is -2.35. The lowest BCUT2D eigenvalue weighted by molar-refractivity contribution is 0.169. The Morgan fingerprint density at radius 2 is 1.85 bits per heavy atom. The number of phenolic OH excluding ortho intramolecular Hbond substituents is 2. The molecule has 1 saturated heterocycles. The summed E-state index contributed by atoms with van der Waals surface area (Å²) in [5, 5.41) is 20.4. The highest BCUT2D eigenvalue weighted by atomic mass is 32.2.